The molecule has 37 heavy (non-hydrogen) atoms. The molecule has 2 heterocycles. The number of hydrogen-bond donors (Lipinski definition) is 0. The number of para-hydroxylation sites is 1. The number of halogens is 3. The lowest BCUT2D eigenvalue weighted by Gasteiger charge is -2.26. The Labute approximate surface area is 237 Å². The van der Waals surface area contributed by atoms with E-state index in [2.05, 4.69) is 9.88 Å². The molecule has 1 aliphatic heterocycles. The van der Waals surface area contributed by atoms with Crippen molar-refractivity contribution in [1.29, 1.82) is 0 Å². The predicted octanol–water partition coefficient (Wildman–Crippen LogP) is 6.22. The Morgan fingerprint density at radius 2 is 1.57 bits per heavy atom. The molecule has 2 aromatic carbocycles. The van der Waals surface area contributed by atoms with Gasteiger partial charge < -0.3 is 9.64 Å². The Bertz CT molecular complexity index is 1180. The van der Waals surface area contributed by atoms with Gasteiger partial charge in [-0.05, 0) is 80.4 Å². The molecule has 0 saturated carbocycles. The Morgan fingerprint density at radius 1 is 0.892 bits per heavy atom. The maximum Gasteiger partial charge on any atom is 0.243 e. The fourth-order valence-electron chi connectivity index (χ4n) is 4.29. The molecule has 0 radical (unpaired) electrons. The second kappa shape index (κ2) is 15.5. The molecule has 0 atom stereocenters. The summed E-state index contributed by atoms with van der Waals surface area (Å²) in [5, 5.41) is 0.493. The molecule has 1 saturated heterocycles. The van der Waals surface area contributed by atoms with E-state index in [0.29, 0.717) is 11.6 Å². The number of likely N-dealkylation sites (tertiary alicyclic amines) is 1. The molecule has 1 aliphatic rings. The first kappa shape index (κ1) is 31.3. The van der Waals surface area contributed by atoms with Crippen LogP contribution in [0, 0.1) is 0 Å². The van der Waals surface area contributed by atoms with Crippen LogP contribution in [0.4, 0.5) is 0 Å². The standard InChI is InChI=1S/C27H32ClN3O3S.2ClH/c28-25-9-11-26(12-10-25)35(32,33)31(21-23-13-15-29-16-14-23)22-24-7-2-3-8-27(24)34-20-6-19-30-17-4-1-5-18-30;;/h2-3,7-16H,1,4-6,17-22H2;2*1H. The number of ether oxygens (including phenoxy) is 1. The van der Waals surface area contributed by atoms with Crippen LogP contribution in [-0.2, 0) is 23.1 Å². The van der Waals surface area contributed by atoms with Gasteiger partial charge in [0.1, 0.15) is 5.75 Å². The van der Waals surface area contributed by atoms with Crippen molar-refractivity contribution in [2.75, 3.05) is 26.2 Å². The molecule has 1 fully saturated rings. The van der Waals surface area contributed by atoms with Crippen LogP contribution in [0.15, 0.2) is 78.0 Å². The number of aromatic nitrogens is 1. The molecule has 0 N–H and O–H groups in total. The highest BCUT2D eigenvalue weighted by Crippen LogP contribution is 2.26. The lowest BCUT2D eigenvalue weighted by molar-refractivity contribution is 0.204. The zero-order chi connectivity index (χ0) is 24.5. The number of hydrogen-bond acceptors (Lipinski definition) is 5. The molecule has 0 aliphatic carbocycles. The molecule has 4 rings (SSSR count). The Balaban J connectivity index is 0.00000241. The predicted molar refractivity (Wildman–Crippen MR) is 153 cm³/mol. The molecule has 202 valence electrons. The fourth-order valence-corrected chi connectivity index (χ4v) is 5.82. The minimum absolute atomic E-state index is 0. The van der Waals surface area contributed by atoms with Crippen LogP contribution in [0.1, 0.15) is 36.8 Å². The van der Waals surface area contributed by atoms with Crippen LogP contribution in [-0.4, -0.2) is 48.8 Å². The van der Waals surface area contributed by atoms with E-state index in [9.17, 15) is 8.42 Å². The second-order valence-electron chi connectivity index (χ2n) is 8.79. The smallest absolute Gasteiger partial charge is 0.243 e. The number of benzene rings is 2. The summed E-state index contributed by atoms with van der Waals surface area (Å²) in [5.74, 6) is 0.720. The molecule has 0 spiro atoms. The summed E-state index contributed by atoms with van der Waals surface area (Å²) in [6.45, 7) is 4.38. The van der Waals surface area contributed by atoms with Crippen LogP contribution < -0.4 is 4.74 Å². The first-order valence-electron chi connectivity index (χ1n) is 12.1. The fraction of sp³-hybridized carbons (Fsp3) is 0.370. The van der Waals surface area contributed by atoms with Gasteiger partial charge in [-0.1, -0.05) is 36.2 Å². The average molecular weight is 587 g/mol. The summed E-state index contributed by atoms with van der Waals surface area (Å²) in [5.41, 5.74) is 1.69. The van der Waals surface area contributed by atoms with E-state index in [-0.39, 0.29) is 42.8 Å². The number of nitrogens with zero attached hydrogens (tertiary/aromatic N) is 3. The van der Waals surface area contributed by atoms with E-state index in [1.807, 2.05) is 36.4 Å². The van der Waals surface area contributed by atoms with Gasteiger partial charge in [0.05, 0.1) is 11.5 Å². The monoisotopic (exact) mass is 585 g/mol. The van der Waals surface area contributed by atoms with Gasteiger partial charge in [-0.25, -0.2) is 8.42 Å². The van der Waals surface area contributed by atoms with E-state index in [1.165, 1.54) is 36.7 Å². The molecule has 0 amide bonds. The summed E-state index contributed by atoms with van der Waals surface area (Å²) >= 11 is 6.00. The lowest BCUT2D eigenvalue weighted by atomic mass is 10.1. The number of pyridine rings is 1. The molecule has 0 unspecified atom stereocenters. The summed E-state index contributed by atoms with van der Waals surface area (Å²) < 4.78 is 34.9. The van der Waals surface area contributed by atoms with Crippen molar-refractivity contribution in [2.24, 2.45) is 0 Å². The topological polar surface area (TPSA) is 62.7 Å². The Hall–Kier alpha value is -1.87. The van der Waals surface area contributed by atoms with Crippen molar-refractivity contribution in [3.05, 3.63) is 89.2 Å². The number of sulfonamides is 1. The first-order valence-corrected chi connectivity index (χ1v) is 13.9. The third kappa shape index (κ3) is 9.13. The zero-order valence-electron chi connectivity index (χ0n) is 20.7. The normalized spacial score (nSPS) is 14.0. The maximum absolute atomic E-state index is 13.6. The zero-order valence-corrected chi connectivity index (χ0v) is 23.9. The highest BCUT2D eigenvalue weighted by Gasteiger charge is 2.26. The van der Waals surface area contributed by atoms with Crippen LogP contribution in [0.25, 0.3) is 0 Å². The summed E-state index contributed by atoms with van der Waals surface area (Å²) in [6.07, 6.45) is 8.16. The molecular formula is C27H34Cl3N3O3S. The van der Waals surface area contributed by atoms with Crippen molar-refractivity contribution in [2.45, 2.75) is 43.7 Å². The van der Waals surface area contributed by atoms with Crippen LogP contribution in [0.2, 0.25) is 5.02 Å². The van der Waals surface area contributed by atoms with Gasteiger partial charge in [-0.3, -0.25) is 4.98 Å². The summed E-state index contributed by atoms with van der Waals surface area (Å²) in [4.78, 5) is 6.75. The average Bonchev–Trinajstić information content (AvgIpc) is 2.88. The molecule has 0 bridgehead atoms. The molecule has 10 heteroatoms. The second-order valence-corrected chi connectivity index (χ2v) is 11.2. The van der Waals surface area contributed by atoms with Gasteiger partial charge in [0.15, 0.2) is 0 Å². The minimum Gasteiger partial charge on any atom is -0.493 e. The highest BCUT2D eigenvalue weighted by atomic mass is 35.5. The molecule has 3 aromatic rings. The molecule has 6 nitrogen and oxygen atoms in total. The van der Waals surface area contributed by atoms with Gasteiger partial charge in [-0.2, -0.15) is 4.31 Å². The third-order valence-electron chi connectivity index (χ3n) is 6.20. The van der Waals surface area contributed by atoms with Crippen molar-refractivity contribution in [3.8, 4) is 5.75 Å². The van der Waals surface area contributed by atoms with E-state index < -0.39 is 10.0 Å². The van der Waals surface area contributed by atoms with E-state index in [4.69, 9.17) is 16.3 Å². The van der Waals surface area contributed by atoms with Gasteiger partial charge in [0.2, 0.25) is 10.0 Å². The van der Waals surface area contributed by atoms with Gasteiger partial charge in [-0.15, -0.1) is 24.8 Å². The minimum atomic E-state index is -3.78. The Morgan fingerprint density at radius 3 is 2.27 bits per heavy atom. The van der Waals surface area contributed by atoms with E-state index in [1.54, 1.807) is 36.7 Å². The van der Waals surface area contributed by atoms with Crippen molar-refractivity contribution >= 4 is 46.4 Å². The lowest BCUT2D eigenvalue weighted by Crippen LogP contribution is -2.31. The van der Waals surface area contributed by atoms with Crippen molar-refractivity contribution in [1.82, 2.24) is 14.2 Å². The van der Waals surface area contributed by atoms with Gasteiger partial charge in [0, 0.05) is 42.6 Å². The Kier molecular flexibility index (Phi) is 13.1. The van der Waals surface area contributed by atoms with Gasteiger partial charge in [0.25, 0.3) is 0 Å². The number of rotatable bonds is 11. The third-order valence-corrected chi connectivity index (χ3v) is 8.26. The van der Waals surface area contributed by atoms with E-state index in [0.717, 1.165) is 29.8 Å². The van der Waals surface area contributed by atoms with Gasteiger partial charge >= 0.3 is 0 Å². The highest BCUT2D eigenvalue weighted by molar-refractivity contribution is 7.89. The summed E-state index contributed by atoms with van der Waals surface area (Å²) in [6, 6.07) is 17.6. The van der Waals surface area contributed by atoms with Crippen LogP contribution in [0.3, 0.4) is 0 Å². The quantitative estimate of drug-likeness (QED) is 0.250. The molecular weight excluding hydrogens is 553 g/mol. The largest absolute Gasteiger partial charge is 0.493 e. The van der Waals surface area contributed by atoms with Crippen molar-refractivity contribution < 1.29 is 13.2 Å². The molecule has 1 aromatic heterocycles. The van der Waals surface area contributed by atoms with E-state index >= 15 is 0 Å². The first-order chi connectivity index (χ1) is 17.0. The maximum atomic E-state index is 13.6. The van der Waals surface area contributed by atoms with Crippen LogP contribution in [0.5, 0.6) is 5.75 Å². The number of piperidine rings is 1. The summed E-state index contributed by atoms with van der Waals surface area (Å²) in [7, 11) is -3.78. The van der Waals surface area contributed by atoms with Crippen LogP contribution >= 0.6 is 36.4 Å². The van der Waals surface area contributed by atoms with Crippen molar-refractivity contribution in [3.63, 3.8) is 0 Å². The SMILES string of the molecule is Cl.Cl.O=S(=O)(c1ccc(Cl)cc1)N(Cc1ccncc1)Cc1ccccc1OCCCN1CCCCC1.